The van der Waals surface area contributed by atoms with Crippen LogP contribution in [0, 0.1) is 0 Å². The van der Waals surface area contributed by atoms with Gasteiger partial charge in [-0.1, -0.05) is 0 Å². The van der Waals surface area contributed by atoms with Gasteiger partial charge in [-0.15, -0.1) is 0 Å². The van der Waals surface area contributed by atoms with Crippen molar-refractivity contribution in [1.82, 2.24) is 15.1 Å². The van der Waals surface area contributed by atoms with Crippen molar-refractivity contribution in [1.29, 1.82) is 0 Å². The number of aliphatic carboxylic acids is 1. The largest absolute Gasteiger partial charge is 0.480 e. The van der Waals surface area contributed by atoms with Gasteiger partial charge < -0.3 is 15.7 Å². The average Bonchev–Trinajstić information content (AvgIpc) is 2.87. The van der Waals surface area contributed by atoms with Crippen LogP contribution < -0.4 is 10.6 Å². The summed E-state index contributed by atoms with van der Waals surface area (Å²) in [6, 6.07) is 0.00596. The Morgan fingerprint density at radius 2 is 2.31 bits per heavy atom. The van der Waals surface area contributed by atoms with Crippen LogP contribution in [0.3, 0.4) is 0 Å². The maximum absolute atomic E-state index is 11.3. The van der Waals surface area contributed by atoms with Crippen LogP contribution in [0.4, 0.5) is 10.5 Å². The molecule has 3 N–H and O–H groups in total. The number of hydrogen-bond acceptors (Lipinski definition) is 3. The zero-order valence-corrected chi connectivity index (χ0v) is 8.51. The molecule has 1 fully saturated rings. The lowest BCUT2D eigenvalue weighted by Crippen LogP contribution is -2.30. The summed E-state index contributed by atoms with van der Waals surface area (Å²) in [5, 5.41) is 17.7. The highest BCUT2D eigenvalue weighted by atomic mass is 16.4. The second kappa shape index (κ2) is 4.21. The normalized spacial score (nSPS) is 14.5. The van der Waals surface area contributed by atoms with Gasteiger partial charge >= 0.3 is 12.0 Å². The molecule has 2 amide bonds. The number of rotatable bonds is 4. The molecule has 1 aliphatic rings. The molecule has 1 aliphatic carbocycles. The molecule has 0 aliphatic heterocycles. The zero-order valence-electron chi connectivity index (χ0n) is 8.51. The first-order valence-corrected chi connectivity index (χ1v) is 4.95. The van der Waals surface area contributed by atoms with Gasteiger partial charge in [0.25, 0.3) is 0 Å². The Kier molecular flexibility index (Phi) is 2.76. The number of carboxylic acids is 1. The van der Waals surface area contributed by atoms with Crippen molar-refractivity contribution in [3.05, 3.63) is 12.4 Å². The van der Waals surface area contributed by atoms with Crippen molar-refractivity contribution in [2.75, 3.05) is 5.32 Å². The molecule has 7 nitrogen and oxygen atoms in total. The predicted molar refractivity (Wildman–Crippen MR) is 55.0 cm³/mol. The van der Waals surface area contributed by atoms with E-state index in [4.69, 9.17) is 5.11 Å². The van der Waals surface area contributed by atoms with Gasteiger partial charge in [0, 0.05) is 12.2 Å². The maximum atomic E-state index is 11.3. The topological polar surface area (TPSA) is 96.2 Å². The molecule has 1 aromatic heterocycles. The van der Waals surface area contributed by atoms with E-state index in [0.717, 1.165) is 12.8 Å². The highest BCUT2D eigenvalue weighted by Crippen LogP contribution is 2.18. The summed E-state index contributed by atoms with van der Waals surface area (Å²) in [5.41, 5.74) is 0.486. The second-order valence-electron chi connectivity index (χ2n) is 3.69. The Bertz CT molecular complexity index is 411. The maximum Gasteiger partial charge on any atom is 0.325 e. The van der Waals surface area contributed by atoms with Gasteiger partial charge in [0.15, 0.2) is 0 Å². The molecule has 0 atom stereocenters. The highest BCUT2D eigenvalue weighted by Gasteiger charge is 2.23. The molecular weight excluding hydrogens is 212 g/mol. The first-order valence-electron chi connectivity index (χ1n) is 4.95. The fourth-order valence-electron chi connectivity index (χ4n) is 1.23. The van der Waals surface area contributed by atoms with Gasteiger partial charge in [0.05, 0.1) is 11.9 Å². The summed E-state index contributed by atoms with van der Waals surface area (Å²) in [7, 11) is 0. The molecule has 0 unspecified atom stereocenters. The molecular formula is C9H12N4O3. The molecule has 1 heterocycles. The summed E-state index contributed by atoms with van der Waals surface area (Å²) in [6.07, 6.45) is 4.92. The summed E-state index contributed by atoms with van der Waals surface area (Å²) in [4.78, 5) is 21.7. The molecule has 1 saturated carbocycles. The Morgan fingerprint density at radius 1 is 1.56 bits per heavy atom. The van der Waals surface area contributed by atoms with Gasteiger partial charge in [-0.3, -0.25) is 9.48 Å². The van der Waals surface area contributed by atoms with Crippen molar-refractivity contribution in [2.24, 2.45) is 0 Å². The monoisotopic (exact) mass is 224 g/mol. The third-order valence-corrected chi connectivity index (χ3v) is 2.10. The van der Waals surface area contributed by atoms with Gasteiger partial charge in [-0.25, -0.2) is 4.79 Å². The number of nitrogens with one attached hydrogen (secondary N) is 2. The molecule has 2 rings (SSSR count). The van der Waals surface area contributed by atoms with E-state index in [1.165, 1.54) is 17.1 Å². The molecule has 16 heavy (non-hydrogen) atoms. The standard InChI is InChI=1S/C9H12N4O3/c14-8(15)5-13-4-7(3-10-13)12-9(16)11-6-1-2-6/h3-4,6H,1-2,5H2,(H,14,15)(H2,11,12,16). The van der Waals surface area contributed by atoms with Gasteiger partial charge in [0.1, 0.15) is 6.54 Å². The third-order valence-electron chi connectivity index (χ3n) is 2.10. The second-order valence-corrected chi connectivity index (χ2v) is 3.69. The lowest BCUT2D eigenvalue weighted by Gasteiger charge is -2.02. The first-order chi connectivity index (χ1) is 7.63. The molecule has 86 valence electrons. The Morgan fingerprint density at radius 3 is 2.94 bits per heavy atom. The van der Waals surface area contributed by atoms with Gasteiger partial charge in [-0.2, -0.15) is 5.10 Å². The highest BCUT2D eigenvalue weighted by molar-refractivity contribution is 5.89. The van der Waals surface area contributed by atoms with Gasteiger partial charge in [-0.05, 0) is 12.8 Å². The van der Waals surface area contributed by atoms with E-state index in [0.29, 0.717) is 5.69 Å². The summed E-state index contributed by atoms with van der Waals surface area (Å²) >= 11 is 0. The van der Waals surface area contributed by atoms with Crippen molar-refractivity contribution >= 4 is 17.7 Å². The van der Waals surface area contributed by atoms with E-state index in [1.807, 2.05) is 0 Å². The van der Waals surface area contributed by atoms with E-state index >= 15 is 0 Å². The summed E-state index contributed by atoms with van der Waals surface area (Å²) in [5.74, 6) is -0.975. The number of amides is 2. The van der Waals surface area contributed by atoms with Crippen LogP contribution >= 0.6 is 0 Å². The number of nitrogens with zero attached hydrogens (tertiary/aromatic N) is 2. The summed E-state index contributed by atoms with van der Waals surface area (Å²) < 4.78 is 1.25. The molecule has 0 saturated heterocycles. The fourth-order valence-corrected chi connectivity index (χ4v) is 1.23. The zero-order chi connectivity index (χ0) is 11.5. The van der Waals surface area contributed by atoms with E-state index < -0.39 is 5.97 Å². The van der Waals surface area contributed by atoms with Crippen molar-refractivity contribution in [2.45, 2.75) is 25.4 Å². The Hall–Kier alpha value is -2.05. The van der Waals surface area contributed by atoms with E-state index in [-0.39, 0.29) is 18.6 Å². The molecule has 0 radical (unpaired) electrons. The van der Waals surface area contributed by atoms with Crippen LogP contribution in [0.25, 0.3) is 0 Å². The SMILES string of the molecule is O=C(O)Cn1cc(NC(=O)NC2CC2)cn1. The van der Waals surface area contributed by atoms with Crippen molar-refractivity contribution in [3.63, 3.8) is 0 Å². The van der Waals surface area contributed by atoms with Crippen molar-refractivity contribution in [3.8, 4) is 0 Å². The van der Waals surface area contributed by atoms with E-state index in [9.17, 15) is 9.59 Å². The minimum Gasteiger partial charge on any atom is -0.480 e. The van der Waals surface area contributed by atoms with Crippen LogP contribution in [0.15, 0.2) is 12.4 Å². The number of hydrogen-bond donors (Lipinski definition) is 3. The smallest absolute Gasteiger partial charge is 0.325 e. The predicted octanol–water partition coefficient (Wildman–Crippen LogP) is 0.252. The van der Waals surface area contributed by atoms with E-state index in [1.54, 1.807) is 0 Å². The van der Waals surface area contributed by atoms with Crippen LogP contribution in [0.1, 0.15) is 12.8 Å². The van der Waals surface area contributed by atoms with E-state index in [2.05, 4.69) is 15.7 Å². The number of aromatic nitrogens is 2. The first kappa shape index (κ1) is 10.5. The Labute approximate surface area is 91.4 Å². The van der Waals surface area contributed by atoms with Crippen LogP contribution in [-0.2, 0) is 11.3 Å². The number of anilines is 1. The minimum atomic E-state index is -0.975. The quantitative estimate of drug-likeness (QED) is 0.683. The van der Waals surface area contributed by atoms with Crippen molar-refractivity contribution < 1.29 is 14.7 Å². The molecule has 7 heteroatoms. The molecule has 0 aromatic carbocycles. The average molecular weight is 224 g/mol. The number of carbonyl (C=O) groups is 2. The molecule has 0 spiro atoms. The number of carbonyl (C=O) groups excluding carboxylic acids is 1. The lowest BCUT2D eigenvalue weighted by molar-refractivity contribution is -0.137. The summed E-state index contributed by atoms with van der Waals surface area (Å²) in [6.45, 7) is -0.216. The number of urea groups is 1. The third kappa shape index (κ3) is 2.97. The molecule has 0 bridgehead atoms. The van der Waals surface area contributed by atoms with Crippen LogP contribution in [0.5, 0.6) is 0 Å². The molecule has 1 aromatic rings. The fraction of sp³-hybridized carbons (Fsp3) is 0.444. The minimum absolute atomic E-state index is 0.216. The number of carboxylic acid groups (broad SMARTS) is 1. The lowest BCUT2D eigenvalue weighted by atomic mass is 10.5. The van der Waals surface area contributed by atoms with Crippen LogP contribution in [-0.4, -0.2) is 32.9 Å². The van der Waals surface area contributed by atoms with Crippen LogP contribution in [0.2, 0.25) is 0 Å². The van der Waals surface area contributed by atoms with Gasteiger partial charge in [0.2, 0.25) is 0 Å². The Balaban J connectivity index is 1.86.